The standard InChI is InChI=1S/C27H22N2O5S2/c1-3-12-34-17-8-5-7-16(14-17)23-22(24(30)20-9-6-13-35-20)25(31)26(32)29(23)27-28-19-11-10-18(33-4-2)15-21(19)36-27/h3,5-11,13-15,23,31H,1,4,12H2,2H3. The normalized spacial score (nSPS) is 15.5. The lowest BCUT2D eigenvalue weighted by Gasteiger charge is -2.24. The van der Waals surface area contributed by atoms with E-state index < -0.39 is 23.5 Å². The molecule has 0 fully saturated rings. The number of ether oxygens (including phenoxy) is 2. The molecule has 36 heavy (non-hydrogen) atoms. The van der Waals surface area contributed by atoms with Crippen LogP contribution in [0.2, 0.25) is 0 Å². The molecule has 3 heterocycles. The van der Waals surface area contributed by atoms with Gasteiger partial charge in [-0.2, -0.15) is 0 Å². The maximum atomic E-state index is 13.5. The molecule has 1 N–H and O–H groups in total. The fourth-order valence-corrected chi connectivity index (χ4v) is 5.77. The molecule has 0 aliphatic carbocycles. The average Bonchev–Trinajstić information content (AvgIpc) is 3.61. The monoisotopic (exact) mass is 518 g/mol. The number of ketones is 1. The van der Waals surface area contributed by atoms with Gasteiger partial charge in [0.15, 0.2) is 10.9 Å². The molecule has 5 rings (SSSR count). The predicted octanol–water partition coefficient (Wildman–Crippen LogP) is 6.10. The van der Waals surface area contributed by atoms with Crippen LogP contribution in [0, 0.1) is 0 Å². The number of aliphatic hydroxyl groups excluding tert-OH is 1. The summed E-state index contributed by atoms with van der Waals surface area (Å²) in [6.07, 6.45) is 1.63. The number of fused-ring (bicyclic) bond motifs is 1. The molecule has 1 unspecified atom stereocenters. The summed E-state index contributed by atoms with van der Waals surface area (Å²) < 4.78 is 12.1. The molecular formula is C27H22N2O5S2. The van der Waals surface area contributed by atoms with Crippen LogP contribution in [0.4, 0.5) is 5.13 Å². The number of aromatic nitrogens is 1. The number of Topliss-reactive ketones (excluding diaryl/α,β-unsaturated/α-hetero) is 1. The molecule has 1 aliphatic rings. The van der Waals surface area contributed by atoms with Crippen molar-refractivity contribution in [3.63, 3.8) is 0 Å². The van der Waals surface area contributed by atoms with Gasteiger partial charge >= 0.3 is 0 Å². The number of carbonyl (C=O) groups is 2. The minimum absolute atomic E-state index is 0.0117. The molecular weight excluding hydrogens is 496 g/mol. The van der Waals surface area contributed by atoms with E-state index in [0.29, 0.717) is 45.8 Å². The number of anilines is 1. The van der Waals surface area contributed by atoms with Gasteiger partial charge in [0.2, 0.25) is 5.78 Å². The van der Waals surface area contributed by atoms with Crippen LogP contribution in [0.25, 0.3) is 10.2 Å². The minimum atomic E-state index is -0.883. The third kappa shape index (κ3) is 4.27. The Morgan fingerprint density at radius 2 is 2.00 bits per heavy atom. The number of hydrogen-bond donors (Lipinski definition) is 1. The first-order valence-corrected chi connectivity index (χ1v) is 12.9. The molecule has 1 aliphatic heterocycles. The van der Waals surface area contributed by atoms with E-state index in [-0.39, 0.29) is 5.57 Å². The van der Waals surface area contributed by atoms with Crippen LogP contribution < -0.4 is 14.4 Å². The van der Waals surface area contributed by atoms with Crippen molar-refractivity contribution >= 4 is 49.7 Å². The number of benzene rings is 2. The number of thiophene rings is 1. The molecule has 0 bridgehead atoms. The van der Waals surface area contributed by atoms with Gasteiger partial charge in [0.05, 0.1) is 33.3 Å². The topological polar surface area (TPSA) is 89.0 Å². The predicted molar refractivity (Wildman–Crippen MR) is 141 cm³/mol. The van der Waals surface area contributed by atoms with Crippen molar-refractivity contribution in [3.05, 3.63) is 94.4 Å². The number of amides is 1. The van der Waals surface area contributed by atoms with Crippen molar-refractivity contribution in [1.82, 2.24) is 4.98 Å². The molecule has 1 amide bonds. The van der Waals surface area contributed by atoms with Crippen LogP contribution in [0.15, 0.2) is 84.0 Å². The van der Waals surface area contributed by atoms with Crippen LogP contribution in [-0.4, -0.2) is 35.0 Å². The first-order valence-electron chi connectivity index (χ1n) is 11.2. The average molecular weight is 519 g/mol. The lowest BCUT2D eigenvalue weighted by molar-refractivity contribution is -0.117. The Morgan fingerprint density at radius 3 is 2.75 bits per heavy atom. The Balaban J connectivity index is 1.63. The van der Waals surface area contributed by atoms with Gasteiger partial charge in [-0.25, -0.2) is 4.98 Å². The van der Waals surface area contributed by atoms with Gasteiger partial charge in [-0.3, -0.25) is 14.5 Å². The van der Waals surface area contributed by atoms with Crippen molar-refractivity contribution < 1.29 is 24.2 Å². The summed E-state index contributed by atoms with van der Waals surface area (Å²) in [7, 11) is 0. The van der Waals surface area contributed by atoms with E-state index in [1.807, 2.05) is 25.1 Å². The van der Waals surface area contributed by atoms with Crippen LogP contribution in [0.5, 0.6) is 11.5 Å². The summed E-state index contributed by atoms with van der Waals surface area (Å²) in [5.41, 5.74) is 1.31. The molecule has 2 aromatic heterocycles. The number of aliphatic hydroxyl groups is 1. The zero-order valence-corrected chi connectivity index (χ0v) is 21.0. The van der Waals surface area contributed by atoms with Crippen LogP contribution in [-0.2, 0) is 4.79 Å². The fourth-order valence-electron chi connectivity index (χ4n) is 4.07. The van der Waals surface area contributed by atoms with Crippen LogP contribution in [0.1, 0.15) is 28.2 Å². The Morgan fingerprint density at radius 1 is 1.17 bits per heavy atom. The van der Waals surface area contributed by atoms with Gasteiger partial charge in [-0.05, 0) is 54.3 Å². The van der Waals surface area contributed by atoms with Crippen molar-refractivity contribution in [2.24, 2.45) is 0 Å². The van der Waals surface area contributed by atoms with Gasteiger partial charge in [0.1, 0.15) is 18.1 Å². The van der Waals surface area contributed by atoms with Crippen molar-refractivity contribution in [2.75, 3.05) is 18.1 Å². The third-order valence-corrected chi connectivity index (χ3v) is 7.49. The quantitative estimate of drug-likeness (QED) is 0.213. The maximum absolute atomic E-state index is 13.5. The number of thiazole rings is 1. The molecule has 4 aromatic rings. The van der Waals surface area contributed by atoms with E-state index >= 15 is 0 Å². The highest BCUT2D eigenvalue weighted by molar-refractivity contribution is 7.22. The fraction of sp³-hybridized carbons (Fsp3) is 0.148. The molecule has 2 aromatic carbocycles. The lowest BCUT2D eigenvalue weighted by Crippen LogP contribution is -2.30. The highest BCUT2D eigenvalue weighted by Gasteiger charge is 2.46. The Kier molecular flexibility index (Phi) is 6.58. The SMILES string of the molecule is C=CCOc1cccc(C2C(C(=O)c3cccs3)=C(O)C(=O)N2c2nc3ccc(OCC)cc3s2)c1. The zero-order chi connectivity index (χ0) is 25.2. The first kappa shape index (κ1) is 23.8. The van der Waals surface area contributed by atoms with Gasteiger partial charge in [-0.15, -0.1) is 11.3 Å². The van der Waals surface area contributed by atoms with Crippen molar-refractivity contribution in [2.45, 2.75) is 13.0 Å². The summed E-state index contributed by atoms with van der Waals surface area (Å²) >= 11 is 2.54. The van der Waals surface area contributed by atoms with Gasteiger partial charge in [-0.1, -0.05) is 42.2 Å². The van der Waals surface area contributed by atoms with E-state index in [0.717, 1.165) is 4.70 Å². The van der Waals surface area contributed by atoms with E-state index in [1.54, 1.807) is 47.9 Å². The summed E-state index contributed by atoms with van der Waals surface area (Å²) in [5, 5.41) is 13.1. The second-order valence-corrected chi connectivity index (χ2v) is 9.83. The number of nitrogens with zero attached hydrogens (tertiary/aromatic N) is 2. The summed E-state index contributed by atoms with van der Waals surface area (Å²) in [6.45, 7) is 6.41. The number of carbonyl (C=O) groups excluding carboxylic acids is 2. The molecule has 0 saturated carbocycles. The number of hydrogen-bond acceptors (Lipinski definition) is 8. The molecule has 9 heteroatoms. The van der Waals surface area contributed by atoms with Gasteiger partial charge in [0, 0.05) is 0 Å². The number of rotatable bonds is 9. The van der Waals surface area contributed by atoms with Crippen molar-refractivity contribution in [1.29, 1.82) is 0 Å². The Bertz CT molecular complexity index is 1490. The van der Waals surface area contributed by atoms with Crippen LogP contribution in [0.3, 0.4) is 0 Å². The zero-order valence-electron chi connectivity index (χ0n) is 19.3. The van der Waals surface area contributed by atoms with Gasteiger partial charge in [0.25, 0.3) is 5.91 Å². The second kappa shape index (κ2) is 9.96. The molecule has 0 saturated heterocycles. The summed E-state index contributed by atoms with van der Waals surface area (Å²) in [4.78, 5) is 33.4. The van der Waals surface area contributed by atoms with E-state index in [2.05, 4.69) is 11.6 Å². The Labute approximate surface area is 215 Å². The molecule has 182 valence electrons. The van der Waals surface area contributed by atoms with E-state index in [9.17, 15) is 14.7 Å². The Hall–Kier alpha value is -3.95. The van der Waals surface area contributed by atoms with Crippen molar-refractivity contribution in [3.8, 4) is 11.5 Å². The van der Waals surface area contributed by atoms with Crippen LogP contribution >= 0.6 is 22.7 Å². The minimum Gasteiger partial charge on any atom is -0.503 e. The van der Waals surface area contributed by atoms with E-state index in [4.69, 9.17) is 9.47 Å². The summed E-state index contributed by atoms with van der Waals surface area (Å²) in [6, 6.07) is 15.2. The third-order valence-electron chi connectivity index (χ3n) is 5.61. The summed E-state index contributed by atoms with van der Waals surface area (Å²) in [5.74, 6) is -0.405. The maximum Gasteiger partial charge on any atom is 0.296 e. The molecule has 7 nitrogen and oxygen atoms in total. The second-order valence-electron chi connectivity index (χ2n) is 7.88. The molecule has 0 radical (unpaired) electrons. The van der Waals surface area contributed by atoms with E-state index in [1.165, 1.54) is 27.6 Å². The molecule has 0 spiro atoms. The highest BCUT2D eigenvalue weighted by atomic mass is 32.1. The largest absolute Gasteiger partial charge is 0.503 e. The lowest BCUT2D eigenvalue weighted by atomic mass is 9.95. The first-order chi connectivity index (χ1) is 17.5. The molecule has 1 atom stereocenters. The smallest absolute Gasteiger partial charge is 0.296 e. The highest BCUT2D eigenvalue weighted by Crippen LogP contribution is 2.45. The van der Waals surface area contributed by atoms with Gasteiger partial charge < -0.3 is 14.6 Å².